The summed E-state index contributed by atoms with van der Waals surface area (Å²) in [6, 6.07) is 11.8. The van der Waals surface area contributed by atoms with Gasteiger partial charge in [-0.1, -0.05) is 30.0 Å². The molecule has 0 radical (unpaired) electrons. The van der Waals surface area contributed by atoms with E-state index in [9.17, 15) is 4.79 Å². The largest absolute Gasteiger partial charge is 0.485 e. The van der Waals surface area contributed by atoms with Crippen molar-refractivity contribution in [3.05, 3.63) is 63.4 Å². The highest BCUT2D eigenvalue weighted by molar-refractivity contribution is 9.10. The number of halogens is 1. The Kier molecular flexibility index (Phi) is 6.97. The number of thioether (sulfide) groups is 1. The highest BCUT2D eigenvalue weighted by atomic mass is 79.9. The van der Waals surface area contributed by atoms with Crippen molar-refractivity contribution in [2.75, 3.05) is 11.1 Å². The lowest BCUT2D eigenvalue weighted by Crippen LogP contribution is -2.15. The first-order valence-corrected chi connectivity index (χ1v) is 10.9. The van der Waals surface area contributed by atoms with Gasteiger partial charge in [0.2, 0.25) is 5.91 Å². The van der Waals surface area contributed by atoms with E-state index in [1.54, 1.807) is 0 Å². The van der Waals surface area contributed by atoms with Gasteiger partial charge in [-0.3, -0.25) is 4.79 Å². The molecule has 0 saturated heterocycles. The third-order valence-corrected chi connectivity index (χ3v) is 6.24. The first kappa shape index (κ1) is 21.4. The minimum Gasteiger partial charge on any atom is -0.485 e. The van der Waals surface area contributed by atoms with Crippen LogP contribution in [0.15, 0.2) is 46.0 Å². The predicted octanol–water partition coefficient (Wildman–Crippen LogP) is 4.81. The van der Waals surface area contributed by atoms with Crippen molar-refractivity contribution >= 4 is 39.3 Å². The van der Waals surface area contributed by atoms with Crippen LogP contribution in [0.5, 0.6) is 5.75 Å². The summed E-state index contributed by atoms with van der Waals surface area (Å²) in [4.78, 5) is 12.4. The van der Waals surface area contributed by atoms with E-state index in [2.05, 4.69) is 31.4 Å². The number of aromatic nitrogens is 3. The van der Waals surface area contributed by atoms with E-state index in [-0.39, 0.29) is 11.7 Å². The van der Waals surface area contributed by atoms with Gasteiger partial charge in [-0.2, -0.15) is 0 Å². The molecule has 1 N–H and O–H groups in total. The number of amides is 1. The topological polar surface area (TPSA) is 69.0 Å². The SMILES string of the molecule is Cc1cc(Br)c(NC(=O)CSc2nnc(COc3ccccc3C)n2C)cc1C. The molecule has 152 valence electrons. The molecule has 3 aromatic rings. The molecule has 3 rings (SSSR count). The lowest BCUT2D eigenvalue weighted by molar-refractivity contribution is -0.113. The number of aryl methyl sites for hydroxylation is 3. The van der Waals surface area contributed by atoms with E-state index in [1.807, 2.05) is 68.8 Å². The van der Waals surface area contributed by atoms with Gasteiger partial charge < -0.3 is 14.6 Å². The Hall–Kier alpha value is -2.32. The second kappa shape index (κ2) is 9.45. The number of carbonyl (C=O) groups is 1. The number of para-hydroxylation sites is 1. The zero-order valence-corrected chi connectivity index (χ0v) is 19.2. The second-order valence-electron chi connectivity index (χ2n) is 6.77. The molecule has 1 aromatic heterocycles. The van der Waals surface area contributed by atoms with Gasteiger partial charge in [0.05, 0.1) is 11.4 Å². The molecular weight excluding hydrogens is 452 g/mol. The fraction of sp³-hybridized carbons (Fsp3) is 0.286. The highest BCUT2D eigenvalue weighted by Crippen LogP contribution is 2.26. The molecule has 8 heteroatoms. The highest BCUT2D eigenvalue weighted by Gasteiger charge is 2.13. The minimum atomic E-state index is -0.0975. The number of rotatable bonds is 7. The van der Waals surface area contributed by atoms with Crippen LogP contribution < -0.4 is 10.1 Å². The number of nitrogens with one attached hydrogen (secondary N) is 1. The molecule has 0 aliphatic rings. The summed E-state index contributed by atoms with van der Waals surface area (Å²) in [7, 11) is 1.87. The van der Waals surface area contributed by atoms with Crippen LogP contribution in [-0.4, -0.2) is 26.4 Å². The number of anilines is 1. The Labute approximate surface area is 183 Å². The molecule has 1 heterocycles. The third kappa shape index (κ3) is 5.39. The molecule has 2 aromatic carbocycles. The van der Waals surface area contributed by atoms with Crippen molar-refractivity contribution < 1.29 is 9.53 Å². The summed E-state index contributed by atoms with van der Waals surface area (Å²) >= 11 is 4.84. The van der Waals surface area contributed by atoms with Crippen LogP contribution in [0.4, 0.5) is 5.69 Å². The average Bonchev–Trinajstić information content (AvgIpc) is 3.03. The van der Waals surface area contributed by atoms with Crippen LogP contribution in [0, 0.1) is 20.8 Å². The van der Waals surface area contributed by atoms with Gasteiger partial charge in [-0.15, -0.1) is 10.2 Å². The maximum absolute atomic E-state index is 12.4. The van der Waals surface area contributed by atoms with Crippen molar-refractivity contribution in [3.8, 4) is 5.75 Å². The van der Waals surface area contributed by atoms with Gasteiger partial charge in [0.15, 0.2) is 11.0 Å². The van der Waals surface area contributed by atoms with E-state index >= 15 is 0 Å². The molecule has 0 unspecified atom stereocenters. The van der Waals surface area contributed by atoms with E-state index in [0.717, 1.165) is 27.0 Å². The van der Waals surface area contributed by atoms with E-state index < -0.39 is 0 Å². The number of ether oxygens (including phenoxy) is 1. The first-order chi connectivity index (χ1) is 13.8. The van der Waals surface area contributed by atoms with E-state index in [4.69, 9.17) is 4.74 Å². The quantitative estimate of drug-likeness (QED) is 0.497. The zero-order valence-electron chi connectivity index (χ0n) is 16.8. The van der Waals surface area contributed by atoms with Crippen LogP contribution in [0.3, 0.4) is 0 Å². The third-order valence-electron chi connectivity index (χ3n) is 4.57. The van der Waals surface area contributed by atoms with Crippen molar-refractivity contribution in [2.24, 2.45) is 7.05 Å². The summed E-state index contributed by atoms with van der Waals surface area (Å²) in [5.41, 5.74) is 4.13. The Bertz CT molecular complexity index is 1040. The summed E-state index contributed by atoms with van der Waals surface area (Å²) in [6.07, 6.45) is 0. The standard InChI is InChI=1S/C21H23BrN4O2S/c1-13-7-5-6-8-18(13)28-11-19-24-25-21(26(19)4)29-12-20(27)23-17-10-15(3)14(2)9-16(17)22/h5-10H,11-12H2,1-4H3,(H,23,27). The monoisotopic (exact) mass is 474 g/mol. The van der Waals surface area contributed by atoms with Gasteiger partial charge in [0.25, 0.3) is 0 Å². The van der Waals surface area contributed by atoms with Crippen molar-refractivity contribution in [1.82, 2.24) is 14.8 Å². The van der Waals surface area contributed by atoms with E-state index in [0.29, 0.717) is 17.6 Å². The summed E-state index contributed by atoms with van der Waals surface area (Å²) in [5, 5.41) is 12.0. The van der Waals surface area contributed by atoms with Crippen LogP contribution >= 0.6 is 27.7 Å². The smallest absolute Gasteiger partial charge is 0.234 e. The van der Waals surface area contributed by atoms with E-state index in [1.165, 1.54) is 17.3 Å². The second-order valence-corrected chi connectivity index (χ2v) is 8.56. The molecule has 0 aliphatic carbocycles. The van der Waals surface area contributed by atoms with Crippen LogP contribution in [-0.2, 0) is 18.4 Å². The molecule has 0 aliphatic heterocycles. The molecule has 0 spiro atoms. The number of benzene rings is 2. The Morgan fingerprint density at radius 2 is 1.86 bits per heavy atom. The number of carbonyl (C=O) groups excluding carboxylic acids is 1. The number of hydrogen-bond donors (Lipinski definition) is 1. The molecule has 29 heavy (non-hydrogen) atoms. The predicted molar refractivity (Wildman–Crippen MR) is 119 cm³/mol. The molecule has 6 nitrogen and oxygen atoms in total. The van der Waals surface area contributed by atoms with Crippen molar-refractivity contribution in [2.45, 2.75) is 32.5 Å². The fourth-order valence-electron chi connectivity index (χ4n) is 2.65. The van der Waals surface area contributed by atoms with Crippen LogP contribution in [0.1, 0.15) is 22.5 Å². The zero-order chi connectivity index (χ0) is 21.0. The maximum Gasteiger partial charge on any atom is 0.234 e. The minimum absolute atomic E-state index is 0.0975. The summed E-state index contributed by atoms with van der Waals surface area (Å²) in [5.74, 6) is 1.67. The van der Waals surface area contributed by atoms with Gasteiger partial charge in [-0.25, -0.2) is 0 Å². The molecule has 0 fully saturated rings. The molecule has 1 amide bonds. The van der Waals surface area contributed by atoms with Crippen LogP contribution in [0.2, 0.25) is 0 Å². The van der Waals surface area contributed by atoms with Gasteiger partial charge in [0, 0.05) is 11.5 Å². The average molecular weight is 475 g/mol. The van der Waals surface area contributed by atoms with Crippen molar-refractivity contribution in [1.29, 1.82) is 0 Å². The normalized spacial score (nSPS) is 10.8. The molecular formula is C21H23BrN4O2S. The Morgan fingerprint density at radius 1 is 1.14 bits per heavy atom. The lowest BCUT2D eigenvalue weighted by atomic mass is 10.1. The Morgan fingerprint density at radius 3 is 2.62 bits per heavy atom. The van der Waals surface area contributed by atoms with Crippen molar-refractivity contribution in [3.63, 3.8) is 0 Å². The maximum atomic E-state index is 12.4. The summed E-state index contributed by atoms with van der Waals surface area (Å²) < 4.78 is 8.56. The van der Waals surface area contributed by atoms with Crippen LogP contribution in [0.25, 0.3) is 0 Å². The van der Waals surface area contributed by atoms with Gasteiger partial charge >= 0.3 is 0 Å². The molecule has 0 bridgehead atoms. The molecule has 0 saturated carbocycles. The molecule has 0 atom stereocenters. The fourth-order valence-corrected chi connectivity index (χ4v) is 3.94. The summed E-state index contributed by atoms with van der Waals surface area (Å²) in [6.45, 7) is 6.37. The number of nitrogens with zero attached hydrogens (tertiary/aromatic N) is 3. The number of hydrogen-bond acceptors (Lipinski definition) is 5. The Balaban J connectivity index is 1.57. The first-order valence-electron chi connectivity index (χ1n) is 9.11. The van der Waals surface area contributed by atoms with Gasteiger partial charge in [0.1, 0.15) is 12.4 Å². The lowest BCUT2D eigenvalue weighted by Gasteiger charge is -2.10. The van der Waals surface area contributed by atoms with Gasteiger partial charge in [-0.05, 0) is 71.6 Å².